The van der Waals surface area contributed by atoms with E-state index in [4.69, 9.17) is 11.6 Å². The minimum atomic E-state index is -0.141. The number of hydrogen-bond donors (Lipinski definition) is 0. The molecule has 0 saturated carbocycles. The highest BCUT2D eigenvalue weighted by Crippen LogP contribution is 2.04. The largest absolute Gasteiger partial charge is 0.288 e. The van der Waals surface area contributed by atoms with Gasteiger partial charge in [0.25, 0.3) is 0 Å². The van der Waals surface area contributed by atoms with Crippen molar-refractivity contribution in [1.82, 2.24) is 19.6 Å². The van der Waals surface area contributed by atoms with Crippen LogP contribution in [0.1, 0.15) is 19.0 Å². The Morgan fingerprint density at radius 3 is 3.00 bits per heavy atom. The topological polar surface area (TPSA) is 52.7 Å². The fourth-order valence-corrected chi connectivity index (χ4v) is 1.69. The second kappa shape index (κ2) is 5.14. The summed E-state index contributed by atoms with van der Waals surface area (Å²) in [6.45, 7) is 2.95. The minimum absolute atomic E-state index is 0.114. The Morgan fingerprint density at radius 1 is 1.47 bits per heavy atom. The van der Waals surface area contributed by atoms with Gasteiger partial charge in [0.1, 0.15) is 11.4 Å². The SMILES string of the molecule is CCCn1cc(-n2ccc(=O)c(CCl)n2)cn1. The molecule has 0 aromatic carbocycles. The molecule has 2 aromatic heterocycles. The van der Waals surface area contributed by atoms with E-state index in [1.165, 1.54) is 6.07 Å². The predicted octanol–water partition coefficient (Wildman–Crippen LogP) is 1.58. The van der Waals surface area contributed by atoms with E-state index in [1.807, 2.05) is 10.9 Å². The zero-order valence-electron chi connectivity index (χ0n) is 9.51. The van der Waals surface area contributed by atoms with Crippen LogP contribution >= 0.6 is 11.6 Å². The zero-order chi connectivity index (χ0) is 12.3. The van der Waals surface area contributed by atoms with E-state index < -0.39 is 0 Å². The lowest BCUT2D eigenvalue weighted by atomic mass is 10.4. The summed E-state index contributed by atoms with van der Waals surface area (Å²) >= 11 is 5.65. The van der Waals surface area contributed by atoms with Gasteiger partial charge in [-0.1, -0.05) is 6.92 Å². The van der Waals surface area contributed by atoms with Crippen molar-refractivity contribution in [2.75, 3.05) is 0 Å². The van der Waals surface area contributed by atoms with E-state index in [9.17, 15) is 4.79 Å². The number of aryl methyl sites for hydroxylation is 1. The molecule has 0 spiro atoms. The Bertz CT molecular complexity index is 561. The van der Waals surface area contributed by atoms with Gasteiger partial charge in [-0.25, -0.2) is 4.68 Å². The normalized spacial score (nSPS) is 10.7. The summed E-state index contributed by atoms with van der Waals surface area (Å²) in [5.41, 5.74) is 1.03. The van der Waals surface area contributed by atoms with Crippen LogP contribution in [0.15, 0.2) is 29.5 Å². The standard InChI is InChI=1S/C11H13ClN4O/c1-2-4-15-8-9(7-13-15)16-5-3-11(17)10(6-12)14-16/h3,5,7-8H,2,4,6H2,1H3. The molecule has 0 saturated heterocycles. The molecule has 0 atom stereocenters. The van der Waals surface area contributed by atoms with Gasteiger partial charge in [0, 0.05) is 18.8 Å². The van der Waals surface area contributed by atoms with Crippen LogP contribution in [0.3, 0.4) is 0 Å². The van der Waals surface area contributed by atoms with Gasteiger partial charge in [-0.3, -0.25) is 9.48 Å². The Morgan fingerprint density at radius 2 is 2.29 bits per heavy atom. The molecule has 0 N–H and O–H groups in total. The van der Waals surface area contributed by atoms with Gasteiger partial charge in [0.2, 0.25) is 5.43 Å². The Balaban J connectivity index is 2.35. The predicted molar refractivity (Wildman–Crippen MR) is 65.5 cm³/mol. The average molecular weight is 253 g/mol. The lowest BCUT2D eigenvalue weighted by Crippen LogP contribution is -2.14. The van der Waals surface area contributed by atoms with Crippen LogP contribution in [-0.4, -0.2) is 19.6 Å². The van der Waals surface area contributed by atoms with Crippen molar-refractivity contribution < 1.29 is 0 Å². The summed E-state index contributed by atoms with van der Waals surface area (Å²) < 4.78 is 3.45. The first-order valence-electron chi connectivity index (χ1n) is 5.42. The molecular weight excluding hydrogens is 240 g/mol. The van der Waals surface area contributed by atoms with E-state index in [0.29, 0.717) is 5.69 Å². The molecule has 0 bridgehead atoms. The van der Waals surface area contributed by atoms with Crippen LogP contribution in [0, 0.1) is 0 Å². The molecule has 0 aliphatic rings. The maximum atomic E-state index is 11.4. The van der Waals surface area contributed by atoms with E-state index in [2.05, 4.69) is 17.1 Å². The lowest BCUT2D eigenvalue weighted by molar-refractivity contribution is 0.602. The van der Waals surface area contributed by atoms with E-state index in [1.54, 1.807) is 17.1 Å². The van der Waals surface area contributed by atoms with Gasteiger partial charge in [-0.2, -0.15) is 10.2 Å². The second-order valence-electron chi connectivity index (χ2n) is 3.67. The van der Waals surface area contributed by atoms with Crippen molar-refractivity contribution in [3.8, 4) is 5.69 Å². The maximum Gasteiger partial charge on any atom is 0.204 e. The first-order valence-corrected chi connectivity index (χ1v) is 5.95. The van der Waals surface area contributed by atoms with Crippen molar-refractivity contribution in [3.05, 3.63) is 40.6 Å². The molecule has 2 rings (SSSR count). The van der Waals surface area contributed by atoms with Gasteiger partial charge in [-0.05, 0) is 6.42 Å². The third-order valence-corrected chi connectivity index (χ3v) is 2.60. The van der Waals surface area contributed by atoms with Crippen molar-refractivity contribution in [2.24, 2.45) is 0 Å². The van der Waals surface area contributed by atoms with Crippen molar-refractivity contribution in [3.63, 3.8) is 0 Å². The highest BCUT2D eigenvalue weighted by atomic mass is 35.5. The van der Waals surface area contributed by atoms with Crippen molar-refractivity contribution in [2.45, 2.75) is 25.8 Å². The maximum absolute atomic E-state index is 11.4. The summed E-state index contributed by atoms with van der Waals surface area (Å²) in [6.07, 6.45) is 6.24. The van der Waals surface area contributed by atoms with Crippen LogP contribution in [0.4, 0.5) is 0 Å². The van der Waals surface area contributed by atoms with E-state index in [-0.39, 0.29) is 11.3 Å². The Labute approximate surface area is 104 Å². The third-order valence-electron chi connectivity index (χ3n) is 2.34. The van der Waals surface area contributed by atoms with Gasteiger partial charge in [-0.15, -0.1) is 11.6 Å². The van der Waals surface area contributed by atoms with Crippen LogP contribution in [0.25, 0.3) is 5.69 Å². The quantitative estimate of drug-likeness (QED) is 0.777. The molecule has 0 radical (unpaired) electrons. The molecule has 6 heteroatoms. The fourth-order valence-electron chi connectivity index (χ4n) is 1.51. The molecule has 0 amide bonds. The highest BCUT2D eigenvalue weighted by Gasteiger charge is 2.04. The Kier molecular flexibility index (Phi) is 3.58. The summed E-state index contributed by atoms with van der Waals surface area (Å²) in [4.78, 5) is 11.4. The number of nitrogens with zero attached hydrogens (tertiary/aromatic N) is 4. The first kappa shape index (κ1) is 11.9. The molecule has 0 unspecified atom stereocenters. The summed E-state index contributed by atoms with van der Waals surface area (Å²) in [5, 5.41) is 8.36. The molecule has 2 aromatic rings. The molecule has 0 aliphatic carbocycles. The summed E-state index contributed by atoms with van der Waals surface area (Å²) in [6, 6.07) is 1.46. The highest BCUT2D eigenvalue weighted by molar-refractivity contribution is 6.16. The molecule has 5 nitrogen and oxygen atoms in total. The average Bonchev–Trinajstić information content (AvgIpc) is 2.79. The monoisotopic (exact) mass is 252 g/mol. The van der Waals surface area contributed by atoms with Crippen LogP contribution < -0.4 is 5.43 Å². The molecule has 17 heavy (non-hydrogen) atoms. The number of alkyl halides is 1. The van der Waals surface area contributed by atoms with Crippen LogP contribution in [0.5, 0.6) is 0 Å². The van der Waals surface area contributed by atoms with E-state index >= 15 is 0 Å². The van der Waals surface area contributed by atoms with Crippen LogP contribution in [-0.2, 0) is 12.4 Å². The summed E-state index contributed by atoms with van der Waals surface area (Å²) in [7, 11) is 0. The van der Waals surface area contributed by atoms with Crippen molar-refractivity contribution >= 4 is 11.6 Å². The summed E-state index contributed by atoms with van der Waals surface area (Å²) in [5.74, 6) is 0.114. The first-order chi connectivity index (χ1) is 8.24. The van der Waals surface area contributed by atoms with Gasteiger partial charge >= 0.3 is 0 Å². The van der Waals surface area contributed by atoms with Crippen LogP contribution in [0.2, 0.25) is 0 Å². The number of aromatic nitrogens is 4. The number of rotatable bonds is 4. The molecular formula is C11H13ClN4O. The second-order valence-corrected chi connectivity index (χ2v) is 3.93. The van der Waals surface area contributed by atoms with Gasteiger partial charge in [0.15, 0.2) is 0 Å². The number of hydrogen-bond acceptors (Lipinski definition) is 3. The lowest BCUT2D eigenvalue weighted by Gasteiger charge is -2.02. The number of halogens is 1. The fraction of sp³-hybridized carbons (Fsp3) is 0.364. The Hall–Kier alpha value is -1.62. The zero-order valence-corrected chi connectivity index (χ0v) is 10.3. The van der Waals surface area contributed by atoms with Gasteiger partial charge < -0.3 is 0 Å². The van der Waals surface area contributed by atoms with Gasteiger partial charge in [0.05, 0.1) is 18.3 Å². The molecule has 2 heterocycles. The van der Waals surface area contributed by atoms with Crippen molar-refractivity contribution in [1.29, 1.82) is 0 Å². The third kappa shape index (κ3) is 2.55. The molecule has 90 valence electrons. The van der Waals surface area contributed by atoms with E-state index in [0.717, 1.165) is 18.7 Å². The molecule has 0 aliphatic heterocycles. The molecule has 0 fully saturated rings. The minimum Gasteiger partial charge on any atom is -0.288 e. The smallest absolute Gasteiger partial charge is 0.204 e.